The zero-order valence-corrected chi connectivity index (χ0v) is 26.4. The fourth-order valence-electron chi connectivity index (χ4n) is 5.78. The van der Waals surface area contributed by atoms with Crippen molar-refractivity contribution in [1.29, 1.82) is 0 Å². The molecule has 0 radical (unpaired) electrons. The fourth-order valence-corrected chi connectivity index (χ4v) is 5.78. The van der Waals surface area contributed by atoms with E-state index in [2.05, 4.69) is 36.2 Å². The van der Waals surface area contributed by atoms with Crippen LogP contribution < -0.4 is 15.2 Å². The minimum Gasteiger partial charge on any atom is -0.454 e. The van der Waals surface area contributed by atoms with Crippen LogP contribution in [0.2, 0.25) is 0 Å². The van der Waals surface area contributed by atoms with Crippen LogP contribution >= 0.6 is 0 Å². The number of primary amides is 1. The van der Waals surface area contributed by atoms with E-state index in [1.165, 1.54) is 0 Å². The van der Waals surface area contributed by atoms with Crippen molar-refractivity contribution < 1.29 is 14.3 Å². The lowest BCUT2D eigenvalue weighted by atomic mass is 10.0. The van der Waals surface area contributed by atoms with E-state index in [4.69, 9.17) is 20.2 Å². The molecule has 0 spiro atoms. The van der Waals surface area contributed by atoms with Gasteiger partial charge in [0.2, 0.25) is 12.7 Å². The molecule has 0 fully saturated rings. The van der Waals surface area contributed by atoms with Gasteiger partial charge < -0.3 is 20.2 Å². The maximum absolute atomic E-state index is 11.3. The molecular weight excluding hydrogens is 628 g/mol. The Hall–Kier alpha value is -7.14. The summed E-state index contributed by atoms with van der Waals surface area (Å²) in [5.74, 6) is 1.59. The minimum absolute atomic E-state index is 0.212. The van der Waals surface area contributed by atoms with Crippen molar-refractivity contribution in [3.05, 3.63) is 140 Å². The average molecular weight is 657 g/mol. The van der Waals surface area contributed by atoms with Gasteiger partial charge in [0.05, 0.1) is 40.2 Å². The maximum atomic E-state index is 11.3. The Morgan fingerprint density at radius 1 is 0.680 bits per heavy atom. The molecule has 4 N–H and O–H groups in total. The second-order valence-electron chi connectivity index (χ2n) is 11.3. The molecule has 0 bridgehead atoms. The highest BCUT2D eigenvalue weighted by Crippen LogP contribution is 2.39. The van der Waals surface area contributed by atoms with Crippen LogP contribution in [-0.4, -0.2) is 47.8 Å². The van der Waals surface area contributed by atoms with Crippen LogP contribution in [0.25, 0.3) is 67.5 Å². The Bertz CT molecular complexity index is 2440. The highest BCUT2D eigenvalue weighted by Gasteiger charge is 2.20. The summed E-state index contributed by atoms with van der Waals surface area (Å²) in [6.07, 6.45) is 7.18. The Balaban J connectivity index is 0.000000152. The number of benzene rings is 3. The monoisotopic (exact) mass is 656 g/mol. The number of imidazole rings is 1. The molecule has 5 aromatic heterocycles. The van der Waals surface area contributed by atoms with Crippen LogP contribution in [0.15, 0.2) is 134 Å². The van der Waals surface area contributed by atoms with E-state index in [1.807, 2.05) is 103 Å². The van der Waals surface area contributed by atoms with Crippen LogP contribution in [0.1, 0.15) is 10.4 Å². The van der Waals surface area contributed by atoms with Gasteiger partial charge in [0.25, 0.3) is 0 Å². The molecular formula is C39H28N8O3. The number of nitrogens with zero attached hydrogens (tertiary/aromatic N) is 5. The Labute approximate surface area is 285 Å². The highest BCUT2D eigenvalue weighted by atomic mass is 16.7. The molecule has 0 saturated heterocycles. The van der Waals surface area contributed by atoms with Gasteiger partial charge in [0, 0.05) is 46.2 Å². The Kier molecular flexibility index (Phi) is 7.95. The topological polar surface area (TPSA) is 158 Å². The molecule has 9 rings (SSSR count). The third-order valence-corrected chi connectivity index (χ3v) is 8.21. The maximum Gasteiger partial charge on any atom is 0.248 e. The van der Waals surface area contributed by atoms with E-state index in [1.54, 1.807) is 24.5 Å². The number of carbonyl (C=O) groups excluding carboxylic acids is 1. The Morgan fingerprint density at radius 2 is 1.40 bits per heavy atom. The fraction of sp³-hybridized carbons (Fsp3) is 0.0256. The zero-order valence-electron chi connectivity index (χ0n) is 26.4. The summed E-state index contributed by atoms with van der Waals surface area (Å²) >= 11 is 0. The number of ether oxygens (including phenoxy) is 2. The van der Waals surface area contributed by atoms with Crippen molar-refractivity contribution in [2.75, 3.05) is 6.79 Å². The molecule has 11 nitrogen and oxygen atoms in total. The summed E-state index contributed by atoms with van der Waals surface area (Å²) in [5, 5.41) is 8.36. The molecule has 242 valence electrons. The third-order valence-electron chi connectivity index (χ3n) is 8.21. The molecule has 6 heterocycles. The van der Waals surface area contributed by atoms with Gasteiger partial charge >= 0.3 is 0 Å². The number of hydrogen-bond donors (Lipinski definition) is 3. The minimum atomic E-state index is -0.466. The highest BCUT2D eigenvalue weighted by molar-refractivity contribution is 5.97. The summed E-state index contributed by atoms with van der Waals surface area (Å²) in [5.41, 5.74) is 14.7. The number of hydrogen-bond acceptors (Lipinski definition) is 8. The van der Waals surface area contributed by atoms with Crippen LogP contribution in [0.5, 0.6) is 11.5 Å². The normalized spacial score (nSPS) is 11.6. The lowest BCUT2D eigenvalue weighted by Crippen LogP contribution is -2.10. The van der Waals surface area contributed by atoms with E-state index in [9.17, 15) is 4.79 Å². The summed E-state index contributed by atoms with van der Waals surface area (Å²) in [6.45, 7) is 0.212. The summed E-state index contributed by atoms with van der Waals surface area (Å²) in [7, 11) is 0. The molecule has 1 aliphatic heterocycles. The number of amides is 1. The smallest absolute Gasteiger partial charge is 0.248 e. The number of pyridine rings is 3. The molecule has 3 aromatic carbocycles. The molecule has 50 heavy (non-hydrogen) atoms. The van der Waals surface area contributed by atoms with Gasteiger partial charge in [-0.25, -0.2) is 4.98 Å². The number of fused-ring (bicyclic) bond motifs is 2. The van der Waals surface area contributed by atoms with Gasteiger partial charge in [-0.3, -0.25) is 24.8 Å². The van der Waals surface area contributed by atoms with E-state index in [-0.39, 0.29) is 6.79 Å². The molecule has 11 heteroatoms. The van der Waals surface area contributed by atoms with Crippen LogP contribution in [0.3, 0.4) is 0 Å². The van der Waals surface area contributed by atoms with Gasteiger partial charge in [-0.1, -0.05) is 42.5 Å². The van der Waals surface area contributed by atoms with Crippen molar-refractivity contribution in [1.82, 2.24) is 35.1 Å². The first kappa shape index (κ1) is 30.2. The van der Waals surface area contributed by atoms with Gasteiger partial charge in [0.1, 0.15) is 5.82 Å². The van der Waals surface area contributed by atoms with Gasteiger partial charge in [0.15, 0.2) is 11.5 Å². The van der Waals surface area contributed by atoms with Crippen LogP contribution in [0.4, 0.5) is 0 Å². The SMILES string of the molecule is NC(=O)c1ccc(-c2nc(-c3ccc4c(c3)OCO4)c(-c3ccccn3)[nH]2)cc1.c1ccc(-c2[nH]ncc2-c2ccnc3ccccc23)nc1. The molecule has 1 aliphatic rings. The summed E-state index contributed by atoms with van der Waals surface area (Å²) in [6, 6.07) is 34.4. The van der Waals surface area contributed by atoms with Crippen molar-refractivity contribution in [2.45, 2.75) is 0 Å². The lowest BCUT2D eigenvalue weighted by molar-refractivity contribution is 0.1000. The largest absolute Gasteiger partial charge is 0.454 e. The number of H-pyrrole nitrogens is 2. The zero-order chi connectivity index (χ0) is 33.9. The Morgan fingerprint density at radius 3 is 2.16 bits per heavy atom. The predicted molar refractivity (Wildman–Crippen MR) is 190 cm³/mol. The molecule has 1 amide bonds. The first-order valence-electron chi connectivity index (χ1n) is 15.7. The number of aromatic nitrogens is 7. The summed E-state index contributed by atoms with van der Waals surface area (Å²) < 4.78 is 10.9. The van der Waals surface area contributed by atoms with E-state index in [0.717, 1.165) is 61.6 Å². The number of carbonyl (C=O) groups is 1. The van der Waals surface area contributed by atoms with Crippen molar-refractivity contribution in [2.24, 2.45) is 5.73 Å². The predicted octanol–water partition coefficient (Wildman–Crippen LogP) is 7.32. The van der Waals surface area contributed by atoms with Crippen LogP contribution in [0, 0.1) is 0 Å². The molecule has 0 unspecified atom stereocenters. The first-order valence-corrected chi connectivity index (χ1v) is 15.7. The molecule has 0 atom stereocenters. The lowest BCUT2D eigenvalue weighted by Gasteiger charge is -2.06. The van der Waals surface area contributed by atoms with Crippen molar-refractivity contribution in [3.63, 3.8) is 0 Å². The van der Waals surface area contributed by atoms with Gasteiger partial charge in [-0.2, -0.15) is 5.10 Å². The molecule has 0 aliphatic carbocycles. The van der Waals surface area contributed by atoms with E-state index in [0.29, 0.717) is 22.9 Å². The van der Waals surface area contributed by atoms with Crippen molar-refractivity contribution >= 4 is 16.8 Å². The molecule has 8 aromatic rings. The first-order chi connectivity index (χ1) is 24.6. The number of nitrogens with two attached hydrogens (primary N) is 1. The van der Waals surface area contributed by atoms with E-state index >= 15 is 0 Å². The average Bonchev–Trinajstić information content (AvgIpc) is 3.96. The van der Waals surface area contributed by atoms with Gasteiger partial charge in [-0.05, 0) is 72.3 Å². The quantitative estimate of drug-likeness (QED) is 0.168. The van der Waals surface area contributed by atoms with Crippen LogP contribution in [-0.2, 0) is 0 Å². The number of aromatic amines is 2. The standard InChI is InChI=1S/C22H16N4O3.C17H12N4/c23-21(27)13-4-6-14(7-5-13)22-25-19(20(26-22)16-3-1-2-10-24-16)15-8-9-17-18(11-15)29-12-28-17;1-2-6-15-13(5-1)12(8-10-19-15)14-11-20-21-17(14)16-7-3-4-9-18-16/h1-11H,12H2,(H2,23,27)(H,25,26);1-11H,(H,20,21). The van der Waals surface area contributed by atoms with Crippen molar-refractivity contribution in [3.8, 4) is 68.0 Å². The summed E-state index contributed by atoms with van der Waals surface area (Å²) in [4.78, 5) is 32.8. The van der Waals surface area contributed by atoms with Gasteiger partial charge in [-0.15, -0.1) is 0 Å². The third kappa shape index (κ3) is 5.90. The number of para-hydroxylation sites is 1. The second-order valence-corrected chi connectivity index (χ2v) is 11.3. The molecule has 0 saturated carbocycles. The number of rotatable bonds is 6. The second kappa shape index (κ2) is 13.2. The van der Waals surface area contributed by atoms with E-state index < -0.39 is 5.91 Å². The number of nitrogens with one attached hydrogen (secondary N) is 2.